The first-order chi connectivity index (χ1) is 21.2. The van der Waals surface area contributed by atoms with Crippen LogP contribution >= 0.6 is 0 Å². The molecule has 0 bridgehead atoms. The summed E-state index contributed by atoms with van der Waals surface area (Å²) in [6.45, 7) is 11.1. The van der Waals surface area contributed by atoms with Crippen LogP contribution in [0.25, 0.3) is 11.3 Å². The molecule has 1 aliphatic carbocycles. The van der Waals surface area contributed by atoms with Crippen LogP contribution < -0.4 is 10.6 Å². The number of nitrogens with zero attached hydrogens (tertiary/aromatic N) is 3. The lowest BCUT2D eigenvalue weighted by Gasteiger charge is -2.33. The van der Waals surface area contributed by atoms with Gasteiger partial charge in [0.25, 0.3) is 11.8 Å². The molecule has 7 nitrogen and oxygen atoms in total. The third-order valence-electron chi connectivity index (χ3n) is 8.50. The van der Waals surface area contributed by atoms with Gasteiger partial charge in [-0.3, -0.25) is 9.59 Å². The van der Waals surface area contributed by atoms with Gasteiger partial charge in [0.1, 0.15) is 0 Å². The molecule has 0 saturated heterocycles. The highest BCUT2D eigenvalue weighted by atomic mass is 16.2. The molecule has 0 atom stereocenters. The molecule has 1 saturated carbocycles. The Morgan fingerprint density at radius 3 is 2.34 bits per heavy atom. The Kier molecular flexibility index (Phi) is 9.43. The fraction of sp³-hybridized carbons (Fsp3) is 0.351. The summed E-state index contributed by atoms with van der Waals surface area (Å²) in [4.78, 5) is 37.9. The molecule has 228 valence electrons. The molecule has 0 radical (unpaired) electrons. The van der Waals surface area contributed by atoms with Gasteiger partial charge >= 0.3 is 0 Å². The van der Waals surface area contributed by atoms with E-state index in [1.165, 1.54) is 19.3 Å². The van der Waals surface area contributed by atoms with Gasteiger partial charge in [-0.15, -0.1) is 0 Å². The van der Waals surface area contributed by atoms with Gasteiger partial charge in [0.05, 0.1) is 5.69 Å². The van der Waals surface area contributed by atoms with Crippen molar-refractivity contribution in [3.8, 4) is 11.3 Å². The molecule has 1 aliphatic rings. The van der Waals surface area contributed by atoms with Gasteiger partial charge in [0.15, 0.2) is 0 Å². The summed E-state index contributed by atoms with van der Waals surface area (Å²) in [5.74, 6) is 0.406. The van der Waals surface area contributed by atoms with Crippen molar-refractivity contribution in [1.82, 2.24) is 14.9 Å². The zero-order valence-electron chi connectivity index (χ0n) is 26.5. The summed E-state index contributed by atoms with van der Waals surface area (Å²) in [6.07, 6.45) is 7.55. The topological polar surface area (TPSA) is 87.2 Å². The van der Waals surface area contributed by atoms with E-state index in [0.29, 0.717) is 23.1 Å². The number of amides is 2. The molecule has 44 heavy (non-hydrogen) atoms. The fourth-order valence-corrected chi connectivity index (χ4v) is 6.09. The predicted octanol–water partition coefficient (Wildman–Crippen LogP) is 8.54. The minimum absolute atomic E-state index is 0.0912. The Morgan fingerprint density at radius 1 is 0.909 bits per heavy atom. The smallest absolute Gasteiger partial charge is 0.255 e. The van der Waals surface area contributed by atoms with Crippen LogP contribution in [0.2, 0.25) is 0 Å². The molecular weight excluding hydrogens is 546 g/mol. The van der Waals surface area contributed by atoms with Gasteiger partial charge in [-0.05, 0) is 85.7 Å². The predicted molar refractivity (Wildman–Crippen MR) is 179 cm³/mol. The van der Waals surface area contributed by atoms with E-state index in [-0.39, 0.29) is 17.2 Å². The SMILES string of the molecule is CCN(C(=O)c1ccc(Nc2nccc(-c3cccc(NC(=O)c4ccccc4C(C)(C)C)c3C)n2)cc1)C1CCCCC1. The second-order valence-electron chi connectivity index (χ2n) is 12.6. The van der Waals surface area contributed by atoms with Crippen LogP contribution in [0.3, 0.4) is 0 Å². The number of nitrogens with one attached hydrogen (secondary N) is 2. The Labute approximate surface area is 261 Å². The average Bonchev–Trinajstić information content (AvgIpc) is 3.03. The van der Waals surface area contributed by atoms with E-state index in [1.807, 2.05) is 84.6 Å². The zero-order chi connectivity index (χ0) is 31.3. The first-order valence-electron chi connectivity index (χ1n) is 15.7. The van der Waals surface area contributed by atoms with Gasteiger partial charge in [-0.25, -0.2) is 9.97 Å². The van der Waals surface area contributed by atoms with E-state index in [9.17, 15) is 9.59 Å². The number of hydrogen-bond donors (Lipinski definition) is 2. The minimum atomic E-state index is -0.157. The summed E-state index contributed by atoms with van der Waals surface area (Å²) < 4.78 is 0. The van der Waals surface area contributed by atoms with E-state index in [2.05, 4.69) is 43.3 Å². The van der Waals surface area contributed by atoms with Crippen molar-refractivity contribution in [1.29, 1.82) is 0 Å². The quantitative estimate of drug-likeness (QED) is 0.215. The lowest BCUT2D eigenvalue weighted by Crippen LogP contribution is -2.41. The van der Waals surface area contributed by atoms with Crippen molar-refractivity contribution in [3.05, 3.63) is 101 Å². The number of carbonyl (C=O) groups excluding carboxylic acids is 2. The Morgan fingerprint density at radius 2 is 1.64 bits per heavy atom. The van der Waals surface area contributed by atoms with Gasteiger partial charge in [-0.1, -0.05) is 70.4 Å². The average molecular weight is 590 g/mol. The van der Waals surface area contributed by atoms with E-state index in [0.717, 1.165) is 53.1 Å². The molecule has 0 spiro atoms. The molecular formula is C37H43N5O2. The lowest BCUT2D eigenvalue weighted by molar-refractivity contribution is 0.0648. The zero-order valence-corrected chi connectivity index (χ0v) is 26.5. The van der Waals surface area contributed by atoms with Crippen molar-refractivity contribution >= 4 is 29.1 Å². The van der Waals surface area contributed by atoms with Crippen molar-refractivity contribution < 1.29 is 9.59 Å². The number of benzene rings is 3. The molecule has 2 amide bonds. The molecule has 1 aromatic heterocycles. The van der Waals surface area contributed by atoms with E-state index >= 15 is 0 Å². The third-order valence-corrected chi connectivity index (χ3v) is 8.50. The van der Waals surface area contributed by atoms with Gasteiger partial charge in [-0.2, -0.15) is 0 Å². The van der Waals surface area contributed by atoms with Crippen LogP contribution in [-0.4, -0.2) is 39.3 Å². The summed E-state index contributed by atoms with van der Waals surface area (Å²) in [5, 5.41) is 6.40. The molecule has 2 N–H and O–H groups in total. The molecule has 3 aromatic carbocycles. The van der Waals surface area contributed by atoms with Crippen molar-refractivity contribution in [2.75, 3.05) is 17.2 Å². The largest absolute Gasteiger partial charge is 0.336 e. The minimum Gasteiger partial charge on any atom is -0.336 e. The van der Waals surface area contributed by atoms with Gasteiger partial charge in [0, 0.05) is 46.8 Å². The van der Waals surface area contributed by atoms with Crippen LogP contribution in [0.4, 0.5) is 17.3 Å². The molecule has 1 fully saturated rings. The molecule has 4 aromatic rings. The molecule has 0 aliphatic heterocycles. The van der Waals surface area contributed by atoms with Crippen molar-refractivity contribution in [2.45, 2.75) is 78.2 Å². The normalized spacial score (nSPS) is 13.8. The lowest BCUT2D eigenvalue weighted by atomic mass is 9.83. The van der Waals surface area contributed by atoms with E-state index < -0.39 is 0 Å². The number of carbonyl (C=O) groups is 2. The summed E-state index contributed by atoms with van der Waals surface area (Å²) in [5.41, 5.74) is 6.30. The highest BCUT2D eigenvalue weighted by molar-refractivity contribution is 6.06. The number of aromatic nitrogens is 2. The van der Waals surface area contributed by atoms with Crippen LogP contribution in [0.1, 0.15) is 91.6 Å². The van der Waals surface area contributed by atoms with Crippen LogP contribution in [0.5, 0.6) is 0 Å². The maximum Gasteiger partial charge on any atom is 0.255 e. The Hall–Kier alpha value is -4.52. The van der Waals surface area contributed by atoms with Crippen LogP contribution in [0, 0.1) is 6.92 Å². The summed E-state index contributed by atoms with van der Waals surface area (Å²) >= 11 is 0. The third kappa shape index (κ3) is 6.99. The molecule has 0 unspecified atom stereocenters. The van der Waals surface area contributed by atoms with Crippen LogP contribution in [-0.2, 0) is 5.41 Å². The second-order valence-corrected chi connectivity index (χ2v) is 12.6. The van der Waals surface area contributed by atoms with Gasteiger partial charge < -0.3 is 15.5 Å². The molecule has 7 heteroatoms. The fourth-order valence-electron chi connectivity index (χ4n) is 6.09. The monoisotopic (exact) mass is 589 g/mol. The Bertz CT molecular complexity index is 1620. The standard InChI is InChI=1S/C37H43N5O2/c1-6-42(28-13-8-7-9-14-28)35(44)26-19-21-27(22-20-26)39-36-38-24-23-33(41-36)29-16-12-18-32(25(29)2)40-34(43)30-15-10-11-17-31(30)37(3,4)5/h10-12,15-24,28H,6-9,13-14H2,1-5H3,(H,40,43)(H,38,39,41). The summed E-state index contributed by atoms with van der Waals surface area (Å²) in [7, 11) is 0. The van der Waals surface area contributed by atoms with Gasteiger partial charge in [0.2, 0.25) is 5.95 Å². The van der Waals surface area contributed by atoms with Crippen molar-refractivity contribution in [3.63, 3.8) is 0 Å². The highest BCUT2D eigenvalue weighted by Gasteiger charge is 2.25. The summed E-state index contributed by atoms with van der Waals surface area (Å²) in [6, 6.07) is 23.3. The van der Waals surface area contributed by atoms with E-state index in [1.54, 1.807) is 6.20 Å². The number of rotatable bonds is 8. The number of anilines is 3. The first kappa shape index (κ1) is 30.9. The van der Waals surface area contributed by atoms with Crippen molar-refractivity contribution in [2.24, 2.45) is 0 Å². The van der Waals surface area contributed by atoms with Crippen LogP contribution in [0.15, 0.2) is 79.0 Å². The maximum absolute atomic E-state index is 13.4. The maximum atomic E-state index is 13.4. The molecule has 1 heterocycles. The molecule has 5 rings (SSSR count). The second kappa shape index (κ2) is 13.4. The van der Waals surface area contributed by atoms with E-state index in [4.69, 9.17) is 4.98 Å². The highest BCUT2D eigenvalue weighted by Crippen LogP contribution is 2.31. The number of hydrogen-bond acceptors (Lipinski definition) is 5. The first-order valence-corrected chi connectivity index (χ1v) is 15.7. The Balaban J connectivity index is 1.31.